The number of allylic oxidation sites excluding steroid dienone is 2. The number of benzene rings is 1. The van der Waals surface area contributed by atoms with Crippen molar-refractivity contribution in [3.63, 3.8) is 0 Å². The van der Waals surface area contributed by atoms with E-state index in [-0.39, 0.29) is 23.6 Å². The monoisotopic (exact) mass is 593 g/mol. The van der Waals surface area contributed by atoms with Crippen LogP contribution in [0.1, 0.15) is 18.4 Å². The maximum Gasteiger partial charge on any atom is 0.351 e. The molecule has 1 aromatic carbocycles. The smallest absolute Gasteiger partial charge is 0.351 e. The lowest BCUT2D eigenvalue weighted by atomic mass is 9.99. The summed E-state index contributed by atoms with van der Waals surface area (Å²) >= 11 is 0. The second-order valence-electron chi connectivity index (χ2n) is 9.77. The van der Waals surface area contributed by atoms with Gasteiger partial charge in [0.1, 0.15) is 49.2 Å². The second kappa shape index (κ2) is 12.6. The topological polar surface area (TPSA) is 253 Å². The molecule has 42 heavy (non-hydrogen) atoms. The summed E-state index contributed by atoms with van der Waals surface area (Å²) in [6, 6.07) is 1.75. The molecule has 226 valence electrons. The molecule has 8 N–H and O–H groups in total. The number of carbonyl (C=O) groups is 4. The van der Waals surface area contributed by atoms with Crippen LogP contribution < -0.4 is 10.1 Å². The zero-order chi connectivity index (χ0) is 30.7. The molecule has 3 aliphatic rings. The predicted molar refractivity (Wildman–Crippen MR) is 136 cm³/mol. The lowest BCUT2D eigenvalue weighted by Gasteiger charge is -2.39. The van der Waals surface area contributed by atoms with Gasteiger partial charge in [0, 0.05) is 24.5 Å². The summed E-state index contributed by atoms with van der Waals surface area (Å²) in [6.07, 6.45) is -4.09. The van der Waals surface area contributed by atoms with Crippen molar-refractivity contribution in [2.75, 3.05) is 13.2 Å². The largest absolute Gasteiger partial charge is 0.504 e. The van der Waals surface area contributed by atoms with Gasteiger partial charge in [-0.3, -0.25) is 9.59 Å². The molecule has 0 radical (unpaired) electrons. The molecule has 1 aromatic rings. The number of carboxylic acid groups (broad SMARTS) is 3. The van der Waals surface area contributed by atoms with Gasteiger partial charge >= 0.3 is 23.9 Å². The van der Waals surface area contributed by atoms with E-state index in [4.69, 9.17) is 19.3 Å². The van der Waals surface area contributed by atoms with Crippen molar-refractivity contribution in [3.8, 4) is 11.5 Å². The van der Waals surface area contributed by atoms with Crippen LogP contribution in [0.4, 0.5) is 5.69 Å². The van der Waals surface area contributed by atoms with Gasteiger partial charge in [-0.05, 0) is 17.7 Å². The molecular weight excluding hydrogens is 564 g/mol. The first-order valence-corrected chi connectivity index (χ1v) is 12.7. The number of nitrogens with zero attached hydrogens (tertiary/aromatic N) is 1. The molecule has 0 aromatic heterocycles. The Morgan fingerprint density at radius 1 is 1.07 bits per heavy atom. The van der Waals surface area contributed by atoms with Crippen molar-refractivity contribution in [2.24, 2.45) is 0 Å². The number of hydrogen-bond donors (Lipinski definition) is 8. The number of phenols is 1. The van der Waals surface area contributed by atoms with E-state index < -0.39 is 73.7 Å². The first-order chi connectivity index (χ1) is 19.8. The molecule has 3 heterocycles. The van der Waals surface area contributed by atoms with Crippen LogP contribution in [0.25, 0.3) is 0 Å². The van der Waals surface area contributed by atoms with Crippen LogP contribution in [0.15, 0.2) is 35.6 Å². The second-order valence-corrected chi connectivity index (χ2v) is 9.77. The fraction of sp³-hybridized carbons (Fsp3) is 0.423. The highest BCUT2D eigenvalue weighted by Crippen LogP contribution is 2.38. The molecule has 3 aliphatic heterocycles. The summed E-state index contributed by atoms with van der Waals surface area (Å²) in [5, 5.41) is 71.2. The van der Waals surface area contributed by atoms with E-state index in [1.54, 1.807) is 16.9 Å². The number of esters is 1. The summed E-state index contributed by atoms with van der Waals surface area (Å²) in [5.41, 5.74) is 1.49. The maximum atomic E-state index is 11.5. The van der Waals surface area contributed by atoms with Gasteiger partial charge in [0.15, 0.2) is 24.3 Å². The normalized spacial score (nSPS) is 28.9. The van der Waals surface area contributed by atoms with Crippen LogP contribution in [0.5, 0.6) is 11.5 Å². The number of ether oxygens (including phenoxy) is 3. The Hall–Kier alpha value is -4.51. The molecule has 0 saturated carbocycles. The number of carboxylic acids is 3. The number of aliphatic hydroxyl groups is 3. The third-order valence-electron chi connectivity index (χ3n) is 6.80. The molecule has 0 bridgehead atoms. The third kappa shape index (κ3) is 6.85. The van der Waals surface area contributed by atoms with Gasteiger partial charge < -0.3 is 55.3 Å². The SMILES string of the molecule is O=C(O)CC(=O)OC[C@H]1O[C@@H](Oc2cc3c(cc2O)[N+](=CC=C2C=C(C(=O)O)N[C@@H](C(=O)O)C2)CC3)[C@H](O)[C@@H](O)[C@@H]1O. The number of aliphatic carboxylic acids is 3. The minimum absolute atomic E-state index is 0.0470. The summed E-state index contributed by atoms with van der Waals surface area (Å²) in [6.45, 7) is -0.185. The maximum absolute atomic E-state index is 11.5. The Morgan fingerprint density at radius 2 is 1.81 bits per heavy atom. The molecule has 16 heteroatoms. The van der Waals surface area contributed by atoms with Crippen LogP contribution in [0.2, 0.25) is 0 Å². The molecule has 0 amide bonds. The van der Waals surface area contributed by atoms with Gasteiger partial charge in [-0.2, -0.15) is 4.58 Å². The first kappa shape index (κ1) is 30.4. The van der Waals surface area contributed by atoms with E-state index in [1.165, 1.54) is 18.2 Å². The summed E-state index contributed by atoms with van der Waals surface area (Å²) < 4.78 is 17.6. The summed E-state index contributed by atoms with van der Waals surface area (Å²) in [7, 11) is 0. The van der Waals surface area contributed by atoms with E-state index in [1.807, 2.05) is 0 Å². The van der Waals surface area contributed by atoms with Crippen LogP contribution in [0.3, 0.4) is 0 Å². The third-order valence-corrected chi connectivity index (χ3v) is 6.80. The van der Waals surface area contributed by atoms with Crippen molar-refractivity contribution >= 4 is 35.8 Å². The molecule has 1 saturated heterocycles. The van der Waals surface area contributed by atoms with Crippen LogP contribution >= 0.6 is 0 Å². The zero-order valence-electron chi connectivity index (χ0n) is 21.8. The quantitative estimate of drug-likeness (QED) is 0.0894. The number of aromatic hydroxyl groups is 1. The van der Waals surface area contributed by atoms with Gasteiger partial charge in [0.05, 0.1) is 6.07 Å². The molecule has 1 fully saturated rings. The van der Waals surface area contributed by atoms with Gasteiger partial charge in [-0.1, -0.05) is 0 Å². The van der Waals surface area contributed by atoms with Crippen LogP contribution in [0, 0.1) is 0 Å². The average molecular weight is 594 g/mol. The van der Waals surface area contributed by atoms with E-state index >= 15 is 0 Å². The fourth-order valence-electron chi connectivity index (χ4n) is 4.64. The number of rotatable bonds is 9. The summed E-state index contributed by atoms with van der Waals surface area (Å²) in [5.74, 6) is -5.52. The number of fused-ring (bicyclic) bond motifs is 1. The lowest BCUT2D eigenvalue weighted by Crippen LogP contribution is -2.60. The van der Waals surface area contributed by atoms with Crippen molar-refractivity contribution in [3.05, 3.63) is 41.1 Å². The molecule has 0 unspecified atom stereocenters. The average Bonchev–Trinajstić information content (AvgIpc) is 3.32. The molecule has 0 spiro atoms. The number of aliphatic hydroxyl groups excluding tert-OH is 3. The summed E-state index contributed by atoms with van der Waals surface area (Å²) in [4.78, 5) is 45.0. The minimum atomic E-state index is -1.78. The predicted octanol–water partition coefficient (Wildman–Crippen LogP) is -1.79. The fourth-order valence-corrected chi connectivity index (χ4v) is 4.64. The van der Waals surface area contributed by atoms with Crippen molar-refractivity contribution in [1.29, 1.82) is 0 Å². The standard InChI is InChI=1S/C26H28N2O14/c29-16-8-15-12(2-4-28(15)3-1-11-5-13(24(36)37)27-14(6-11)25(38)39)7-17(16)41-26-23(35)22(34)21(33)18(42-26)10-40-20(32)9-19(30)31/h1,3,5,7-8,14,18,21-23,26,33-35H,2,4,6,9-10H2,(H4,29,30,31,36,37,38,39)/p+1/t14-,18-,21-,22+,23-,26-/m1/s1. The van der Waals surface area contributed by atoms with E-state index in [2.05, 4.69) is 5.32 Å². The highest BCUT2D eigenvalue weighted by Gasteiger charge is 2.46. The Kier molecular flexibility index (Phi) is 9.11. The lowest BCUT2D eigenvalue weighted by molar-refractivity contribution is -0.423. The Labute approximate surface area is 237 Å². The highest BCUT2D eigenvalue weighted by atomic mass is 16.7. The number of carbonyl (C=O) groups excluding carboxylic acids is 1. The van der Waals surface area contributed by atoms with Gasteiger partial charge in [0.2, 0.25) is 12.0 Å². The van der Waals surface area contributed by atoms with Crippen LogP contribution in [-0.2, 0) is 35.1 Å². The van der Waals surface area contributed by atoms with Gasteiger partial charge in [-0.15, -0.1) is 0 Å². The van der Waals surface area contributed by atoms with E-state index in [0.717, 1.165) is 0 Å². The molecule has 4 rings (SSSR count). The molecular formula is C26H29N2O14+. The molecule has 16 nitrogen and oxygen atoms in total. The van der Waals surface area contributed by atoms with Crippen LogP contribution in [-0.4, -0.2) is 120 Å². The van der Waals surface area contributed by atoms with Crippen molar-refractivity contribution in [2.45, 2.75) is 56.0 Å². The van der Waals surface area contributed by atoms with E-state index in [0.29, 0.717) is 29.8 Å². The number of nitrogens with one attached hydrogen (secondary N) is 1. The minimum Gasteiger partial charge on any atom is -0.504 e. The molecule has 6 atom stereocenters. The van der Waals surface area contributed by atoms with Gasteiger partial charge in [0.25, 0.3) is 0 Å². The Balaban J connectivity index is 1.50. The highest BCUT2D eigenvalue weighted by molar-refractivity contribution is 5.90. The first-order valence-electron chi connectivity index (χ1n) is 12.7. The van der Waals surface area contributed by atoms with Crippen molar-refractivity contribution in [1.82, 2.24) is 5.32 Å². The Morgan fingerprint density at radius 3 is 2.48 bits per heavy atom. The van der Waals surface area contributed by atoms with Crippen molar-refractivity contribution < 1.29 is 73.7 Å². The van der Waals surface area contributed by atoms with Gasteiger partial charge in [-0.25, -0.2) is 9.59 Å². The zero-order valence-corrected chi connectivity index (χ0v) is 21.8. The number of hydrogen-bond acceptors (Lipinski definition) is 12. The Bertz CT molecular complexity index is 1370. The number of phenolic OH excluding ortho intramolecular Hbond substituents is 1. The van der Waals surface area contributed by atoms with E-state index in [9.17, 15) is 49.8 Å². The molecule has 0 aliphatic carbocycles.